The molecule has 0 aromatic heterocycles. The van der Waals surface area contributed by atoms with Crippen LogP contribution in [0, 0.1) is 5.41 Å². The molecule has 0 bridgehead atoms. The molecule has 4 aliphatic rings. The van der Waals surface area contributed by atoms with Crippen LogP contribution in [0.5, 0.6) is 5.75 Å². The van der Waals surface area contributed by atoms with Crippen LogP contribution in [-0.2, 0) is 24.5 Å². The van der Waals surface area contributed by atoms with E-state index >= 15 is 0 Å². The Bertz CT molecular complexity index is 1130. The topological polar surface area (TPSA) is 88.5 Å². The van der Waals surface area contributed by atoms with E-state index in [2.05, 4.69) is 46.0 Å². The zero-order chi connectivity index (χ0) is 26.0. The van der Waals surface area contributed by atoms with E-state index in [1.807, 2.05) is 18.0 Å². The number of carbonyl (C=O) groups excluding carboxylic acids is 2. The van der Waals surface area contributed by atoms with Crippen molar-refractivity contribution in [3.63, 3.8) is 0 Å². The van der Waals surface area contributed by atoms with E-state index in [1.54, 1.807) is 7.11 Å². The summed E-state index contributed by atoms with van der Waals surface area (Å²) >= 11 is 3.68. The number of ether oxygens (including phenoxy) is 3. The Hall–Kier alpha value is -2.10. The fraction of sp³-hybridized carbons (Fsp3) is 0.630. The maximum atomic E-state index is 13.7. The molecule has 0 unspecified atom stereocenters. The van der Waals surface area contributed by atoms with Crippen LogP contribution in [0.15, 0.2) is 28.8 Å². The minimum atomic E-state index is -2.10. The quantitative estimate of drug-likeness (QED) is 0.417. The number of aliphatic hydroxyl groups is 1. The molecule has 196 valence electrons. The van der Waals surface area contributed by atoms with Gasteiger partial charge in [-0.1, -0.05) is 31.9 Å². The number of anilines is 1. The predicted octanol–water partition coefficient (Wildman–Crippen LogP) is 3.18. The van der Waals surface area contributed by atoms with Crippen molar-refractivity contribution < 1.29 is 28.9 Å². The molecule has 8 nitrogen and oxygen atoms in total. The molecule has 3 aliphatic heterocycles. The number of nitrogens with zero attached hydrogens (tertiary/aromatic N) is 2. The SMILES string of the molecule is CCCC[C@]12C=CCN3CC[C@]4(c5cc(Br)c(OC)cc5N(C)[C@@H]4[C@](O)(C(=O)OC)[C@@H]1OC(C)=O)[C@H]32. The van der Waals surface area contributed by atoms with E-state index in [0.29, 0.717) is 12.2 Å². The van der Waals surface area contributed by atoms with E-state index in [-0.39, 0.29) is 6.04 Å². The molecule has 1 saturated carbocycles. The second-order valence-electron chi connectivity index (χ2n) is 10.6. The van der Waals surface area contributed by atoms with E-state index in [0.717, 1.165) is 48.1 Å². The van der Waals surface area contributed by atoms with Gasteiger partial charge < -0.3 is 24.2 Å². The number of fused-ring (bicyclic) bond motifs is 1. The van der Waals surface area contributed by atoms with Crippen LogP contribution >= 0.6 is 15.9 Å². The van der Waals surface area contributed by atoms with E-state index in [9.17, 15) is 14.7 Å². The first-order chi connectivity index (χ1) is 17.1. The van der Waals surface area contributed by atoms with Gasteiger partial charge in [0.15, 0.2) is 6.10 Å². The first-order valence-corrected chi connectivity index (χ1v) is 13.4. The van der Waals surface area contributed by atoms with Crippen molar-refractivity contribution in [1.82, 2.24) is 4.90 Å². The average Bonchev–Trinajstić information content (AvgIpc) is 3.36. The summed E-state index contributed by atoms with van der Waals surface area (Å²) in [6.45, 7) is 5.03. The summed E-state index contributed by atoms with van der Waals surface area (Å²) in [5.41, 5.74) is -1.51. The fourth-order valence-electron chi connectivity index (χ4n) is 8.05. The molecule has 1 saturated heterocycles. The Balaban J connectivity index is 1.87. The van der Waals surface area contributed by atoms with Crippen molar-refractivity contribution in [2.24, 2.45) is 5.41 Å². The van der Waals surface area contributed by atoms with Gasteiger partial charge in [0, 0.05) is 49.1 Å². The van der Waals surface area contributed by atoms with Crippen LogP contribution in [0.2, 0.25) is 0 Å². The van der Waals surface area contributed by atoms with Crippen molar-refractivity contribution in [2.75, 3.05) is 39.3 Å². The number of unbranched alkanes of at least 4 members (excludes halogenated alkanes) is 1. The average molecular weight is 563 g/mol. The van der Waals surface area contributed by atoms with Gasteiger partial charge in [0.1, 0.15) is 5.75 Å². The van der Waals surface area contributed by atoms with Gasteiger partial charge in [0.25, 0.3) is 0 Å². The lowest BCUT2D eigenvalue weighted by Gasteiger charge is -2.63. The number of likely N-dealkylation sites (N-methyl/N-ethyl adjacent to an activating group) is 1. The summed E-state index contributed by atoms with van der Waals surface area (Å²) < 4.78 is 17.7. The molecule has 1 spiro atoms. The third kappa shape index (κ3) is 3.05. The van der Waals surface area contributed by atoms with Crippen LogP contribution < -0.4 is 9.64 Å². The van der Waals surface area contributed by atoms with Gasteiger partial charge in [0.2, 0.25) is 5.60 Å². The number of benzene rings is 1. The molecule has 0 amide bonds. The number of esters is 2. The second-order valence-corrected chi connectivity index (χ2v) is 11.5. The number of hydrogen-bond acceptors (Lipinski definition) is 8. The highest BCUT2D eigenvalue weighted by Crippen LogP contribution is 2.68. The van der Waals surface area contributed by atoms with Crippen molar-refractivity contribution in [2.45, 2.75) is 68.7 Å². The normalized spacial score (nSPS) is 36.2. The molecular formula is C27H35BrN2O6. The summed E-state index contributed by atoms with van der Waals surface area (Å²) in [7, 11) is 4.79. The van der Waals surface area contributed by atoms with Gasteiger partial charge in [-0.15, -0.1) is 0 Å². The Kier molecular flexibility index (Phi) is 6.20. The molecule has 3 heterocycles. The predicted molar refractivity (Wildman–Crippen MR) is 138 cm³/mol. The Labute approximate surface area is 220 Å². The second kappa shape index (κ2) is 8.74. The summed E-state index contributed by atoms with van der Waals surface area (Å²) in [5, 5.41) is 12.7. The maximum Gasteiger partial charge on any atom is 0.344 e. The number of carbonyl (C=O) groups is 2. The van der Waals surface area contributed by atoms with Gasteiger partial charge in [-0.3, -0.25) is 9.69 Å². The van der Waals surface area contributed by atoms with Gasteiger partial charge in [-0.25, -0.2) is 4.79 Å². The maximum absolute atomic E-state index is 13.7. The summed E-state index contributed by atoms with van der Waals surface area (Å²) in [4.78, 5) is 30.7. The van der Waals surface area contributed by atoms with Gasteiger partial charge in [0.05, 0.1) is 24.7 Å². The zero-order valence-electron chi connectivity index (χ0n) is 21.5. The Morgan fingerprint density at radius 2 is 2.00 bits per heavy atom. The van der Waals surface area contributed by atoms with Gasteiger partial charge >= 0.3 is 11.9 Å². The molecule has 5 rings (SSSR count). The number of hydrogen-bond donors (Lipinski definition) is 1. The molecule has 1 aliphatic carbocycles. The molecule has 36 heavy (non-hydrogen) atoms. The summed E-state index contributed by atoms with van der Waals surface area (Å²) in [6, 6.07) is 3.26. The molecule has 1 aromatic carbocycles. The number of halogens is 1. The molecule has 6 atom stereocenters. The number of methoxy groups -OCH3 is 2. The van der Waals surface area contributed by atoms with Crippen LogP contribution in [-0.4, -0.2) is 80.1 Å². The molecule has 9 heteroatoms. The molecule has 1 aromatic rings. The van der Waals surface area contributed by atoms with E-state index < -0.39 is 40.5 Å². The van der Waals surface area contributed by atoms with Crippen molar-refractivity contribution in [3.05, 3.63) is 34.3 Å². The van der Waals surface area contributed by atoms with Gasteiger partial charge in [-0.05, 0) is 46.9 Å². The lowest BCUT2D eigenvalue weighted by molar-refractivity contribution is -0.229. The summed E-state index contributed by atoms with van der Waals surface area (Å²) in [6.07, 6.45) is 6.32. The monoisotopic (exact) mass is 562 g/mol. The minimum Gasteiger partial charge on any atom is -0.495 e. The van der Waals surface area contributed by atoms with Gasteiger partial charge in [-0.2, -0.15) is 0 Å². The smallest absolute Gasteiger partial charge is 0.344 e. The largest absolute Gasteiger partial charge is 0.495 e. The first kappa shape index (κ1) is 25.5. The molecule has 2 fully saturated rings. The Morgan fingerprint density at radius 3 is 2.64 bits per heavy atom. The van der Waals surface area contributed by atoms with E-state index in [1.165, 1.54) is 14.0 Å². The first-order valence-electron chi connectivity index (χ1n) is 12.6. The lowest BCUT2D eigenvalue weighted by Crippen LogP contribution is -2.81. The van der Waals surface area contributed by atoms with Crippen LogP contribution in [0.25, 0.3) is 0 Å². The highest BCUT2D eigenvalue weighted by molar-refractivity contribution is 9.10. The Morgan fingerprint density at radius 1 is 1.25 bits per heavy atom. The van der Waals surface area contributed by atoms with Crippen molar-refractivity contribution in [1.29, 1.82) is 0 Å². The molecular weight excluding hydrogens is 528 g/mol. The molecule has 1 N–H and O–H groups in total. The lowest BCUT2D eigenvalue weighted by atomic mass is 9.47. The van der Waals surface area contributed by atoms with Crippen molar-refractivity contribution in [3.8, 4) is 5.75 Å². The number of rotatable bonds is 6. The van der Waals surface area contributed by atoms with Crippen LogP contribution in [0.1, 0.15) is 45.1 Å². The van der Waals surface area contributed by atoms with Crippen LogP contribution in [0.3, 0.4) is 0 Å². The zero-order valence-corrected chi connectivity index (χ0v) is 23.1. The third-order valence-corrected chi connectivity index (χ3v) is 9.65. The molecule has 0 radical (unpaired) electrons. The fourth-order valence-corrected chi connectivity index (χ4v) is 8.56. The standard InChI is InChI=1S/C27H35BrN2O6/c1-6-7-9-25-10-8-12-30-13-11-26(21(25)30)17-14-18(28)20(34-4)15-19(17)29(3)22(26)27(33,24(32)35-5)23(25)36-16(2)31/h8,10,14-15,21-23,33H,6-7,9,11-13H2,1-5H3/t21-,22+,23-,25-,26+,27-/m1/s1. The van der Waals surface area contributed by atoms with E-state index in [4.69, 9.17) is 14.2 Å². The minimum absolute atomic E-state index is 0.0789. The summed E-state index contributed by atoms with van der Waals surface area (Å²) in [5.74, 6) is -0.642. The third-order valence-electron chi connectivity index (χ3n) is 9.03. The van der Waals surface area contributed by atoms with Crippen molar-refractivity contribution >= 4 is 33.6 Å². The highest BCUT2D eigenvalue weighted by Gasteiger charge is 2.80. The highest BCUT2D eigenvalue weighted by atomic mass is 79.9. The van der Waals surface area contributed by atoms with Crippen LogP contribution in [0.4, 0.5) is 5.69 Å².